The van der Waals surface area contributed by atoms with Gasteiger partial charge in [-0.2, -0.15) is 0 Å². The normalized spacial score (nSPS) is 25.0. The Morgan fingerprint density at radius 2 is 0.978 bits per heavy atom. The van der Waals surface area contributed by atoms with Crippen molar-refractivity contribution in [2.75, 3.05) is 0 Å². The van der Waals surface area contributed by atoms with Crippen molar-refractivity contribution in [1.29, 1.82) is 0 Å². The van der Waals surface area contributed by atoms with Crippen LogP contribution in [0.3, 0.4) is 0 Å². The predicted octanol–water partition coefficient (Wildman–Crippen LogP) is 8.04. The van der Waals surface area contributed by atoms with Crippen LogP contribution < -0.4 is 0 Å². The number of Topliss-reactive ketones (excluding diaryl/α,β-unsaturated/α-hetero) is 3. The van der Waals surface area contributed by atoms with E-state index in [0.717, 1.165) is 4.47 Å². The molecule has 3 aliphatic rings. The maximum absolute atomic E-state index is 15.1. The van der Waals surface area contributed by atoms with E-state index in [0.29, 0.717) is 27.8 Å². The minimum Gasteiger partial charge on any atom is -0.453 e. The fraction of sp³-hybridized carbons (Fsp3) is 0.150. The fourth-order valence-electron chi connectivity index (χ4n) is 7.65. The summed E-state index contributed by atoms with van der Waals surface area (Å²) in [5, 5.41) is 0. The van der Waals surface area contributed by atoms with Gasteiger partial charge >= 0.3 is 5.97 Å². The molecule has 0 spiro atoms. The zero-order valence-electron chi connectivity index (χ0n) is 24.7. The summed E-state index contributed by atoms with van der Waals surface area (Å²) in [5.41, 5.74) is -1.20. The van der Waals surface area contributed by atoms with Crippen molar-refractivity contribution >= 4 is 39.2 Å². The molecule has 226 valence electrons. The molecule has 5 atom stereocenters. The first kappa shape index (κ1) is 29.8. The van der Waals surface area contributed by atoms with Gasteiger partial charge in [0, 0.05) is 33.5 Å². The molecule has 5 aromatic rings. The Morgan fingerprint density at radius 3 is 1.48 bits per heavy atom. The molecule has 8 rings (SSSR count). The van der Waals surface area contributed by atoms with Crippen molar-refractivity contribution < 1.29 is 23.9 Å². The summed E-state index contributed by atoms with van der Waals surface area (Å²) in [7, 11) is 0. The summed E-state index contributed by atoms with van der Waals surface area (Å²) in [5.74, 6) is -5.10. The molecule has 0 radical (unpaired) electrons. The zero-order valence-corrected chi connectivity index (χ0v) is 26.3. The molecule has 46 heavy (non-hydrogen) atoms. The maximum Gasteiger partial charge on any atom is 0.319 e. The van der Waals surface area contributed by atoms with Crippen molar-refractivity contribution in [3.05, 3.63) is 178 Å². The Morgan fingerprint density at radius 1 is 0.543 bits per heavy atom. The molecule has 2 saturated heterocycles. The molecule has 0 N–H and O–H groups in total. The van der Waals surface area contributed by atoms with Gasteiger partial charge in [0.15, 0.2) is 17.3 Å². The highest BCUT2D eigenvalue weighted by atomic mass is 79.9. The number of fused-ring (bicyclic) bond motifs is 3. The molecule has 1 aliphatic carbocycles. The summed E-state index contributed by atoms with van der Waals surface area (Å²) in [6, 6.07) is 42.5. The van der Waals surface area contributed by atoms with Gasteiger partial charge < -0.3 is 4.74 Å². The van der Waals surface area contributed by atoms with Crippen LogP contribution in [-0.2, 0) is 20.5 Å². The lowest BCUT2D eigenvalue weighted by Gasteiger charge is -2.62. The third kappa shape index (κ3) is 4.59. The average molecular weight is 670 g/mol. The van der Waals surface area contributed by atoms with Gasteiger partial charge in [0.25, 0.3) is 0 Å². The molecular weight excluding hydrogens is 640 g/mol. The summed E-state index contributed by atoms with van der Waals surface area (Å²) in [6.45, 7) is 0. The lowest BCUT2D eigenvalue weighted by molar-refractivity contribution is -0.220. The summed E-state index contributed by atoms with van der Waals surface area (Å²) in [6.07, 6.45) is 0.0222. The van der Waals surface area contributed by atoms with E-state index in [1.165, 1.54) is 0 Å². The number of ether oxygens (including phenoxy) is 1. The van der Waals surface area contributed by atoms with Crippen molar-refractivity contribution in [3.8, 4) is 0 Å². The Labute approximate surface area is 275 Å². The van der Waals surface area contributed by atoms with Gasteiger partial charge in [-0.25, -0.2) is 0 Å². The molecule has 2 bridgehead atoms. The van der Waals surface area contributed by atoms with Gasteiger partial charge in [-0.1, -0.05) is 149 Å². The van der Waals surface area contributed by atoms with E-state index in [4.69, 9.17) is 4.74 Å². The van der Waals surface area contributed by atoms with Crippen molar-refractivity contribution in [1.82, 2.24) is 0 Å². The monoisotopic (exact) mass is 668 g/mol. The number of ketones is 3. The number of benzene rings is 5. The first-order valence-corrected chi connectivity index (χ1v) is 16.0. The Bertz CT molecular complexity index is 1930. The molecule has 0 aromatic heterocycles. The second-order valence-corrected chi connectivity index (χ2v) is 12.8. The van der Waals surface area contributed by atoms with Crippen LogP contribution >= 0.6 is 15.9 Å². The van der Waals surface area contributed by atoms with E-state index in [2.05, 4.69) is 15.9 Å². The van der Waals surface area contributed by atoms with Crippen LogP contribution in [0, 0.1) is 17.8 Å². The number of carbonyl (C=O) groups excluding carboxylic acids is 4. The van der Waals surface area contributed by atoms with Gasteiger partial charge in [0.1, 0.15) is 11.0 Å². The lowest BCUT2D eigenvalue weighted by Crippen LogP contribution is -2.73. The van der Waals surface area contributed by atoms with Crippen LogP contribution in [0.5, 0.6) is 0 Å². The Kier molecular flexibility index (Phi) is 7.61. The highest BCUT2D eigenvalue weighted by Gasteiger charge is 2.76. The van der Waals surface area contributed by atoms with Crippen molar-refractivity contribution in [2.24, 2.45) is 17.8 Å². The third-order valence-electron chi connectivity index (χ3n) is 9.64. The first-order chi connectivity index (χ1) is 22.4. The number of esters is 1. The third-order valence-corrected chi connectivity index (χ3v) is 10.2. The second kappa shape index (κ2) is 11.8. The molecule has 1 unspecified atom stereocenters. The minimum atomic E-state index is -1.80. The van der Waals surface area contributed by atoms with Crippen molar-refractivity contribution in [2.45, 2.75) is 17.4 Å². The molecule has 2 aliphatic heterocycles. The summed E-state index contributed by atoms with van der Waals surface area (Å²) < 4.78 is 7.32. The minimum absolute atomic E-state index is 0.0222. The molecule has 1 saturated carbocycles. The van der Waals surface area contributed by atoms with Gasteiger partial charge in [0.2, 0.25) is 0 Å². The van der Waals surface area contributed by atoms with Gasteiger partial charge in [-0.05, 0) is 23.3 Å². The van der Waals surface area contributed by atoms with Crippen LogP contribution in [0.4, 0.5) is 0 Å². The molecule has 5 nitrogen and oxygen atoms in total. The van der Waals surface area contributed by atoms with E-state index in [1.807, 2.05) is 48.5 Å². The van der Waals surface area contributed by atoms with Gasteiger partial charge in [-0.3, -0.25) is 19.2 Å². The molecular formula is C40H29BrO5. The Hall–Kier alpha value is -4.94. The highest BCUT2D eigenvalue weighted by molar-refractivity contribution is 9.10. The van der Waals surface area contributed by atoms with Gasteiger partial charge in [0.05, 0.1) is 11.8 Å². The van der Waals surface area contributed by atoms with Crippen LogP contribution in [0.2, 0.25) is 0 Å². The van der Waals surface area contributed by atoms with Crippen molar-refractivity contribution in [3.63, 3.8) is 0 Å². The average Bonchev–Trinajstić information content (AvgIpc) is 3.12. The SMILES string of the molecule is O=C(c1ccccc1)C1C[C@@]2(c3ccccc3)OC(=O)[C@]1(c1ccc(Br)cc1)[C@H](C(=O)c1ccccc1)[C@@H]2C(=O)c1ccccc1. The number of hydrogen-bond acceptors (Lipinski definition) is 5. The lowest BCUT2D eigenvalue weighted by atomic mass is 9.43. The largest absolute Gasteiger partial charge is 0.453 e. The smallest absolute Gasteiger partial charge is 0.319 e. The number of hydrogen-bond donors (Lipinski definition) is 0. The van der Waals surface area contributed by atoms with Crippen LogP contribution in [0.1, 0.15) is 48.6 Å². The number of halogens is 1. The fourth-order valence-corrected chi connectivity index (χ4v) is 7.92. The second-order valence-electron chi connectivity index (χ2n) is 11.9. The van der Waals surface area contributed by atoms with E-state index < -0.39 is 34.7 Å². The molecule has 0 amide bonds. The zero-order chi connectivity index (χ0) is 31.9. The molecule has 6 heteroatoms. The van der Waals surface area contributed by atoms with E-state index >= 15 is 4.79 Å². The highest BCUT2D eigenvalue weighted by Crippen LogP contribution is 2.65. The topological polar surface area (TPSA) is 77.5 Å². The predicted molar refractivity (Wildman–Crippen MR) is 177 cm³/mol. The number of rotatable bonds is 8. The molecule has 5 aromatic carbocycles. The Balaban J connectivity index is 1.59. The molecule has 2 heterocycles. The van der Waals surface area contributed by atoms with E-state index in [1.54, 1.807) is 97.1 Å². The summed E-state index contributed by atoms with van der Waals surface area (Å²) >= 11 is 3.50. The number of carbonyl (C=O) groups is 4. The van der Waals surface area contributed by atoms with E-state index in [-0.39, 0.29) is 23.8 Å². The van der Waals surface area contributed by atoms with Gasteiger partial charge in [-0.15, -0.1) is 0 Å². The first-order valence-electron chi connectivity index (χ1n) is 15.2. The van der Waals surface area contributed by atoms with Crippen LogP contribution in [-0.4, -0.2) is 23.3 Å². The van der Waals surface area contributed by atoms with Crippen LogP contribution in [0.15, 0.2) is 150 Å². The molecule has 3 fully saturated rings. The quantitative estimate of drug-likeness (QED) is 0.124. The summed E-state index contributed by atoms with van der Waals surface area (Å²) in [4.78, 5) is 59.9. The van der Waals surface area contributed by atoms with E-state index in [9.17, 15) is 14.4 Å². The van der Waals surface area contributed by atoms with Crippen LogP contribution in [0.25, 0.3) is 0 Å². The maximum atomic E-state index is 15.1. The standard InChI is InChI=1S/C40H29BrO5/c41-31-23-21-30(22-24-31)40-32(35(42)26-13-5-1-6-14-26)25-39(46-38(40)45,29-19-11-4-12-20-29)33(36(43)27-15-7-2-8-16-27)34(40)37(44)28-17-9-3-10-18-28/h1-24,32-34H,25H2/t32?,33-,34+,39+,40+/m1/s1.